The topological polar surface area (TPSA) is 60.0 Å². The number of fused-ring (bicyclic) bond motifs is 1. The first-order valence-corrected chi connectivity index (χ1v) is 9.04. The van der Waals surface area contributed by atoms with Crippen LogP contribution in [0.1, 0.15) is 30.4 Å². The highest BCUT2D eigenvalue weighted by Gasteiger charge is 2.20. The Morgan fingerprint density at radius 3 is 2.72 bits per heavy atom. The second kappa shape index (κ2) is 8.54. The van der Waals surface area contributed by atoms with E-state index >= 15 is 0 Å². The van der Waals surface area contributed by atoms with Crippen LogP contribution in [0, 0.1) is 0 Å². The van der Waals surface area contributed by atoms with Crippen molar-refractivity contribution in [2.75, 3.05) is 40.5 Å². The molecule has 1 unspecified atom stereocenters. The molecule has 0 spiro atoms. The van der Waals surface area contributed by atoms with Gasteiger partial charge in [0.1, 0.15) is 0 Å². The molecule has 3 rings (SSSR count). The molecule has 0 aliphatic carbocycles. The van der Waals surface area contributed by atoms with Crippen LogP contribution in [-0.4, -0.2) is 57.4 Å². The molecule has 2 heterocycles. The second-order valence-electron chi connectivity index (χ2n) is 6.69. The summed E-state index contributed by atoms with van der Waals surface area (Å²) < 4.78 is 16.3. The number of hydrogen-bond donors (Lipinski definition) is 1. The van der Waals surface area contributed by atoms with Crippen LogP contribution in [0.3, 0.4) is 0 Å². The molecule has 0 aromatic heterocycles. The third-order valence-electron chi connectivity index (χ3n) is 5.00. The summed E-state index contributed by atoms with van der Waals surface area (Å²) in [6.07, 6.45) is 3.84. The van der Waals surface area contributed by atoms with Crippen LogP contribution < -0.4 is 14.8 Å². The molecule has 6 heteroatoms. The maximum atomic E-state index is 12.0. The van der Waals surface area contributed by atoms with Crippen LogP contribution in [0.25, 0.3) is 0 Å². The first kappa shape index (κ1) is 18.0. The Bertz CT molecular complexity index is 599. The number of carbonyl (C=O) groups excluding carboxylic acids is 1. The number of hydrogen-bond acceptors (Lipinski definition) is 5. The van der Waals surface area contributed by atoms with Gasteiger partial charge in [-0.05, 0) is 42.5 Å². The van der Waals surface area contributed by atoms with Gasteiger partial charge in [-0.25, -0.2) is 0 Å². The Kier molecular flexibility index (Phi) is 6.15. The Labute approximate surface area is 149 Å². The minimum Gasteiger partial charge on any atom is -0.493 e. The highest BCUT2D eigenvalue weighted by Crippen LogP contribution is 2.33. The Morgan fingerprint density at radius 2 is 2.04 bits per heavy atom. The molecule has 25 heavy (non-hydrogen) atoms. The quantitative estimate of drug-likeness (QED) is 0.813. The highest BCUT2D eigenvalue weighted by molar-refractivity contribution is 5.76. The summed E-state index contributed by atoms with van der Waals surface area (Å²) in [7, 11) is 3.32. The van der Waals surface area contributed by atoms with E-state index in [1.54, 1.807) is 14.2 Å². The zero-order chi connectivity index (χ0) is 17.6. The summed E-state index contributed by atoms with van der Waals surface area (Å²) >= 11 is 0. The zero-order valence-electron chi connectivity index (χ0n) is 15.2. The van der Waals surface area contributed by atoms with Crippen molar-refractivity contribution in [3.05, 3.63) is 23.3 Å². The molecule has 6 nitrogen and oxygen atoms in total. The number of amides is 1. The smallest absolute Gasteiger partial charge is 0.221 e. The van der Waals surface area contributed by atoms with Gasteiger partial charge in [-0.2, -0.15) is 0 Å². The Hall–Kier alpha value is -1.79. The van der Waals surface area contributed by atoms with Gasteiger partial charge in [-0.1, -0.05) is 0 Å². The number of carbonyl (C=O) groups is 1. The molecule has 138 valence electrons. The van der Waals surface area contributed by atoms with E-state index in [4.69, 9.17) is 14.2 Å². The fourth-order valence-electron chi connectivity index (χ4n) is 3.51. The van der Waals surface area contributed by atoms with Gasteiger partial charge in [-0.3, -0.25) is 9.69 Å². The summed E-state index contributed by atoms with van der Waals surface area (Å²) in [5, 5.41) is 2.99. The number of nitrogens with zero attached hydrogens (tertiary/aromatic N) is 1. The average molecular weight is 348 g/mol. The van der Waals surface area contributed by atoms with Crippen LogP contribution in [0.2, 0.25) is 0 Å². The van der Waals surface area contributed by atoms with E-state index in [1.807, 2.05) is 0 Å². The molecule has 1 N–H and O–H groups in total. The van der Waals surface area contributed by atoms with Crippen LogP contribution >= 0.6 is 0 Å². The third kappa shape index (κ3) is 4.64. The van der Waals surface area contributed by atoms with Crippen molar-refractivity contribution >= 4 is 5.91 Å². The van der Waals surface area contributed by atoms with Crippen molar-refractivity contribution in [3.8, 4) is 11.5 Å². The second-order valence-corrected chi connectivity index (χ2v) is 6.69. The molecule has 1 saturated heterocycles. The normalized spacial score (nSPS) is 20.2. The van der Waals surface area contributed by atoms with Gasteiger partial charge in [0.05, 0.1) is 20.3 Å². The Morgan fingerprint density at radius 1 is 1.28 bits per heavy atom. The Balaban J connectivity index is 1.48. The molecule has 1 aromatic carbocycles. The average Bonchev–Trinajstić information content (AvgIpc) is 3.16. The molecule has 0 radical (unpaired) electrons. The number of nitrogens with one attached hydrogen (secondary N) is 1. The summed E-state index contributed by atoms with van der Waals surface area (Å²) in [6.45, 7) is 4.03. The first-order chi connectivity index (χ1) is 12.2. The van der Waals surface area contributed by atoms with Gasteiger partial charge < -0.3 is 19.5 Å². The van der Waals surface area contributed by atoms with Gasteiger partial charge >= 0.3 is 0 Å². The molecule has 1 aromatic rings. The standard InChI is InChI=1S/C19H28N2O4/c1-23-17-10-14-5-7-21(13-15(14)11-18(17)24-2)8-6-19(22)20-12-16-4-3-9-25-16/h10-11,16H,3-9,12-13H2,1-2H3,(H,20,22). The molecule has 1 amide bonds. The van der Waals surface area contributed by atoms with Gasteiger partial charge in [0.15, 0.2) is 11.5 Å². The van der Waals surface area contributed by atoms with Crippen molar-refractivity contribution in [2.45, 2.75) is 38.3 Å². The molecular formula is C19H28N2O4. The lowest BCUT2D eigenvalue weighted by Crippen LogP contribution is -2.36. The highest BCUT2D eigenvalue weighted by atomic mass is 16.5. The predicted octanol–water partition coefficient (Wildman–Crippen LogP) is 1.75. The van der Waals surface area contributed by atoms with Gasteiger partial charge in [-0.15, -0.1) is 0 Å². The van der Waals surface area contributed by atoms with Crippen LogP contribution in [-0.2, 0) is 22.5 Å². The molecule has 0 bridgehead atoms. The van der Waals surface area contributed by atoms with Gasteiger partial charge in [0.2, 0.25) is 5.91 Å². The van der Waals surface area contributed by atoms with E-state index < -0.39 is 0 Å². The predicted molar refractivity (Wildman–Crippen MR) is 95.1 cm³/mol. The van der Waals surface area contributed by atoms with Crippen LogP contribution in [0.4, 0.5) is 0 Å². The van der Waals surface area contributed by atoms with Crippen molar-refractivity contribution in [3.63, 3.8) is 0 Å². The maximum Gasteiger partial charge on any atom is 0.221 e. The third-order valence-corrected chi connectivity index (χ3v) is 5.00. The van der Waals surface area contributed by atoms with E-state index in [-0.39, 0.29) is 12.0 Å². The van der Waals surface area contributed by atoms with Gasteiger partial charge in [0, 0.05) is 39.2 Å². The monoisotopic (exact) mass is 348 g/mol. The summed E-state index contributed by atoms with van der Waals surface area (Å²) in [4.78, 5) is 14.4. The van der Waals surface area contributed by atoms with E-state index in [9.17, 15) is 4.79 Å². The number of ether oxygens (including phenoxy) is 3. The van der Waals surface area contributed by atoms with Crippen molar-refractivity contribution < 1.29 is 19.0 Å². The first-order valence-electron chi connectivity index (χ1n) is 9.04. The molecule has 2 aliphatic heterocycles. The summed E-state index contributed by atoms with van der Waals surface area (Å²) in [6, 6.07) is 4.12. The maximum absolute atomic E-state index is 12.0. The van der Waals surface area contributed by atoms with Crippen LogP contribution in [0.15, 0.2) is 12.1 Å². The summed E-state index contributed by atoms with van der Waals surface area (Å²) in [5.41, 5.74) is 2.56. The van der Waals surface area contributed by atoms with Crippen molar-refractivity contribution in [1.29, 1.82) is 0 Å². The van der Waals surface area contributed by atoms with E-state index in [1.165, 1.54) is 11.1 Å². The lowest BCUT2D eigenvalue weighted by Gasteiger charge is -2.29. The molecule has 1 atom stereocenters. The van der Waals surface area contributed by atoms with Gasteiger partial charge in [0.25, 0.3) is 0 Å². The number of methoxy groups -OCH3 is 2. The van der Waals surface area contributed by atoms with Crippen molar-refractivity contribution in [2.24, 2.45) is 0 Å². The minimum absolute atomic E-state index is 0.105. The lowest BCUT2D eigenvalue weighted by atomic mass is 9.98. The number of benzene rings is 1. The molecule has 1 fully saturated rings. The van der Waals surface area contributed by atoms with Crippen molar-refractivity contribution in [1.82, 2.24) is 10.2 Å². The molecular weight excluding hydrogens is 320 g/mol. The summed E-state index contributed by atoms with van der Waals surface area (Å²) in [5.74, 6) is 1.65. The fraction of sp³-hybridized carbons (Fsp3) is 0.632. The minimum atomic E-state index is 0.105. The van der Waals surface area contributed by atoms with E-state index in [0.717, 1.165) is 57.0 Å². The lowest BCUT2D eigenvalue weighted by molar-refractivity contribution is -0.122. The SMILES string of the molecule is COc1cc2c(cc1OC)CN(CCC(=O)NCC1CCCO1)CC2. The van der Waals surface area contributed by atoms with E-state index in [0.29, 0.717) is 13.0 Å². The van der Waals surface area contributed by atoms with E-state index in [2.05, 4.69) is 22.3 Å². The molecule has 2 aliphatic rings. The van der Waals surface area contributed by atoms with Crippen LogP contribution in [0.5, 0.6) is 11.5 Å². The number of rotatable bonds is 7. The fourth-order valence-corrected chi connectivity index (χ4v) is 3.51. The largest absolute Gasteiger partial charge is 0.493 e. The zero-order valence-corrected chi connectivity index (χ0v) is 15.2. The molecule has 0 saturated carbocycles.